The molecule has 0 aliphatic rings. The first kappa shape index (κ1) is 12.7. The summed E-state index contributed by atoms with van der Waals surface area (Å²) in [7, 11) is 3.74. The van der Waals surface area contributed by atoms with Crippen LogP contribution >= 0.6 is 0 Å². The maximum atomic E-state index is 11.9. The average molecular weight is 266 g/mol. The molecule has 0 aliphatic carbocycles. The lowest BCUT2D eigenvalue weighted by molar-refractivity contribution is 0.0592. The Hall–Kier alpha value is -2.71. The van der Waals surface area contributed by atoms with Crippen LogP contribution in [0.1, 0.15) is 10.5 Å². The van der Waals surface area contributed by atoms with Crippen LogP contribution in [0.4, 0.5) is 0 Å². The Morgan fingerprint density at radius 3 is 2.42 bits per heavy atom. The van der Waals surface area contributed by atoms with E-state index in [4.69, 9.17) is 0 Å². The molecule has 0 radical (unpaired) electrons. The van der Waals surface area contributed by atoms with E-state index in [-0.39, 0.29) is 11.2 Å². The van der Waals surface area contributed by atoms with Gasteiger partial charge in [0, 0.05) is 14.1 Å². The molecule has 2 aromatic heterocycles. The molecule has 1 N–H and O–H groups in total. The molecule has 0 unspecified atom stereocenters. The first-order valence-electron chi connectivity index (χ1n) is 5.16. The molecule has 0 aliphatic heterocycles. The third-order valence-electron chi connectivity index (χ3n) is 2.69. The molecule has 2 aromatic rings. The van der Waals surface area contributed by atoms with E-state index in [1.807, 2.05) is 0 Å². The number of H-pyrrole nitrogens is 1. The highest BCUT2D eigenvalue weighted by Gasteiger charge is 2.18. The molecule has 9 nitrogen and oxygen atoms in total. The number of aromatic amines is 1. The number of nitrogens with one attached hydrogen (secondary N) is 1. The quantitative estimate of drug-likeness (QED) is 0.603. The fourth-order valence-corrected chi connectivity index (χ4v) is 1.63. The monoisotopic (exact) mass is 266 g/mol. The number of methoxy groups -OCH3 is 1. The van der Waals surface area contributed by atoms with Crippen LogP contribution in [-0.4, -0.2) is 32.2 Å². The molecule has 0 saturated heterocycles. The van der Waals surface area contributed by atoms with Gasteiger partial charge in [0.2, 0.25) is 5.69 Å². The van der Waals surface area contributed by atoms with Crippen LogP contribution in [0.3, 0.4) is 0 Å². The summed E-state index contributed by atoms with van der Waals surface area (Å²) in [6.07, 6.45) is 0. The number of ether oxygens (including phenoxy) is 1. The molecule has 0 fully saturated rings. The van der Waals surface area contributed by atoms with Crippen LogP contribution in [0.25, 0.3) is 11.2 Å². The maximum absolute atomic E-state index is 11.9. The summed E-state index contributed by atoms with van der Waals surface area (Å²) in [5.74, 6) is -0.959. The Labute approximate surface area is 105 Å². The lowest BCUT2D eigenvalue weighted by Crippen LogP contribution is -2.39. The first-order valence-corrected chi connectivity index (χ1v) is 5.16. The predicted molar refractivity (Wildman–Crippen MR) is 64.2 cm³/mol. The van der Waals surface area contributed by atoms with E-state index in [9.17, 15) is 19.2 Å². The van der Waals surface area contributed by atoms with E-state index >= 15 is 0 Å². The third kappa shape index (κ3) is 1.75. The van der Waals surface area contributed by atoms with Crippen molar-refractivity contribution in [3.63, 3.8) is 0 Å². The summed E-state index contributed by atoms with van der Waals surface area (Å²) in [6.45, 7) is 0. The highest BCUT2D eigenvalue weighted by Crippen LogP contribution is 1.99. The third-order valence-corrected chi connectivity index (χ3v) is 2.69. The van der Waals surface area contributed by atoms with Gasteiger partial charge in [-0.15, -0.1) is 0 Å². The van der Waals surface area contributed by atoms with Gasteiger partial charge in [-0.3, -0.25) is 18.7 Å². The zero-order valence-corrected chi connectivity index (χ0v) is 10.4. The van der Waals surface area contributed by atoms with Crippen LogP contribution in [0.5, 0.6) is 0 Å². The Kier molecular flexibility index (Phi) is 2.81. The molecular formula is C10H10N4O5. The number of hydrogen-bond donors (Lipinski definition) is 1. The number of carbonyl (C=O) groups is 1. The Balaban J connectivity index is 3.04. The van der Waals surface area contributed by atoms with Gasteiger partial charge in [-0.1, -0.05) is 0 Å². The molecular weight excluding hydrogens is 256 g/mol. The molecule has 0 spiro atoms. The van der Waals surface area contributed by atoms with E-state index < -0.39 is 28.5 Å². The van der Waals surface area contributed by atoms with Crippen molar-refractivity contribution in [1.29, 1.82) is 0 Å². The molecule has 0 amide bonds. The average Bonchev–Trinajstić information content (AvgIpc) is 2.41. The number of carbonyl (C=O) groups excluding carboxylic acids is 1. The van der Waals surface area contributed by atoms with Gasteiger partial charge in [0.25, 0.3) is 11.1 Å². The van der Waals surface area contributed by atoms with E-state index in [2.05, 4.69) is 14.7 Å². The molecule has 19 heavy (non-hydrogen) atoms. The Morgan fingerprint density at radius 1 is 1.21 bits per heavy atom. The minimum absolute atomic E-state index is 0.0502. The minimum Gasteiger partial charge on any atom is -0.464 e. The lowest BCUT2D eigenvalue weighted by atomic mass is 10.4. The van der Waals surface area contributed by atoms with Crippen molar-refractivity contribution in [2.45, 2.75) is 0 Å². The van der Waals surface area contributed by atoms with Crippen molar-refractivity contribution in [3.8, 4) is 0 Å². The zero-order chi connectivity index (χ0) is 14.3. The van der Waals surface area contributed by atoms with E-state index in [0.29, 0.717) is 0 Å². The fourth-order valence-electron chi connectivity index (χ4n) is 1.63. The van der Waals surface area contributed by atoms with Crippen LogP contribution in [0, 0.1) is 0 Å². The van der Waals surface area contributed by atoms with E-state index in [1.165, 1.54) is 14.1 Å². The van der Waals surface area contributed by atoms with Gasteiger partial charge >= 0.3 is 11.7 Å². The fraction of sp³-hybridized carbons (Fsp3) is 0.300. The van der Waals surface area contributed by atoms with Crippen LogP contribution in [0.15, 0.2) is 14.4 Å². The van der Waals surface area contributed by atoms with Crippen molar-refractivity contribution < 1.29 is 9.53 Å². The summed E-state index contributed by atoms with van der Waals surface area (Å²) in [6, 6.07) is 0. The predicted octanol–water partition coefficient (Wildman–Crippen LogP) is -1.89. The molecule has 0 aromatic carbocycles. The van der Waals surface area contributed by atoms with Crippen molar-refractivity contribution in [1.82, 2.24) is 19.1 Å². The van der Waals surface area contributed by atoms with E-state index in [1.54, 1.807) is 0 Å². The second kappa shape index (κ2) is 4.19. The number of esters is 1. The number of nitrogens with zero attached hydrogens (tertiary/aromatic N) is 3. The van der Waals surface area contributed by atoms with Crippen molar-refractivity contribution in [2.75, 3.05) is 7.11 Å². The smallest absolute Gasteiger partial charge is 0.362 e. The van der Waals surface area contributed by atoms with Crippen molar-refractivity contribution >= 4 is 17.1 Å². The SMILES string of the molecule is COC(=O)c1nc2c(=O)n(C)c(=O)n(C)c2[nH]c1=O. The number of rotatable bonds is 1. The van der Waals surface area contributed by atoms with Crippen LogP contribution in [-0.2, 0) is 18.8 Å². The lowest BCUT2D eigenvalue weighted by Gasteiger charge is -2.06. The maximum Gasteiger partial charge on any atom is 0.362 e. The Bertz CT molecular complexity index is 857. The normalized spacial score (nSPS) is 10.7. The molecule has 0 bridgehead atoms. The van der Waals surface area contributed by atoms with Gasteiger partial charge in [0.05, 0.1) is 7.11 Å². The number of aryl methyl sites for hydroxylation is 1. The Morgan fingerprint density at radius 2 is 1.84 bits per heavy atom. The second-order valence-corrected chi connectivity index (χ2v) is 3.81. The second-order valence-electron chi connectivity index (χ2n) is 3.81. The van der Waals surface area contributed by atoms with Gasteiger partial charge in [0.1, 0.15) is 5.65 Å². The molecule has 100 valence electrons. The number of hydrogen-bond acceptors (Lipinski definition) is 6. The van der Waals surface area contributed by atoms with Gasteiger partial charge in [-0.05, 0) is 0 Å². The van der Waals surface area contributed by atoms with Gasteiger partial charge in [-0.25, -0.2) is 14.6 Å². The van der Waals surface area contributed by atoms with Crippen LogP contribution < -0.4 is 16.8 Å². The molecule has 0 atom stereocenters. The zero-order valence-electron chi connectivity index (χ0n) is 10.4. The van der Waals surface area contributed by atoms with Gasteiger partial charge in [0.15, 0.2) is 5.52 Å². The standard InChI is InChI=1S/C10H10N4O5/c1-13-6-4(8(16)14(2)10(13)18)11-5(7(15)12-6)9(17)19-3/h1-3H3,(H,12,15). The van der Waals surface area contributed by atoms with Crippen molar-refractivity contribution in [3.05, 3.63) is 36.9 Å². The highest BCUT2D eigenvalue weighted by atomic mass is 16.5. The first-order chi connectivity index (χ1) is 8.88. The van der Waals surface area contributed by atoms with E-state index in [0.717, 1.165) is 16.2 Å². The highest BCUT2D eigenvalue weighted by molar-refractivity contribution is 5.88. The van der Waals surface area contributed by atoms with Crippen LogP contribution in [0.2, 0.25) is 0 Å². The number of aromatic nitrogens is 4. The minimum atomic E-state index is -0.959. The van der Waals surface area contributed by atoms with Crippen molar-refractivity contribution in [2.24, 2.45) is 14.1 Å². The number of fused-ring (bicyclic) bond motifs is 1. The molecule has 2 rings (SSSR count). The molecule has 0 saturated carbocycles. The summed E-state index contributed by atoms with van der Waals surface area (Å²) in [5, 5.41) is 0. The molecule has 9 heteroatoms. The molecule has 2 heterocycles. The summed E-state index contributed by atoms with van der Waals surface area (Å²) >= 11 is 0. The summed E-state index contributed by atoms with van der Waals surface area (Å²) in [4.78, 5) is 52.5. The van der Waals surface area contributed by atoms with Gasteiger partial charge in [-0.2, -0.15) is 0 Å². The van der Waals surface area contributed by atoms with Gasteiger partial charge < -0.3 is 9.72 Å². The summed E-state index contributed by atoms with van der Waals surface area (Å²) in [5.41, 5.74) is -2.93. The topological polar surface area (TPSA) is 116 Å². The largest absolute Gasteiger partial charge is 0.464 e. The summed E-state index contributed by atoms with van der Waals surface area (Å²) < 4.78 is 6.28.